The van der Waals surface area contributed by atoms with Crippen LogP contribution in [0.1, 0.15) is 13.3 Å². The van der Waals surface area contributed by atoms with Crippen LogP contribution < -0.4 is 11.2 Å². The second-order valence-electron chi connectivity index (χ2n) is 4.53. The van der Waals surface area contributed by atoms with E-state index in [1.807, 2.05) is 0 Å². The Morgan fingerprint density at radius 1 is 1.44 bits per heavy atom. The molecule has 3 N–H and O–H groups in total. The lowest BCUT2D eigenvalue weighted by Crippen LogP contribution is -2.46. The predicted octanol–water partition coefficient (Wildman–Crippen LogP) is -1.47. The zero-order valence-corrected chi connectivity index (χ0v) is 9.64. The number of hydrazine groups is 1. The van der Waals surface area contributed by atoms with Crippen LogP contribution in [0.3, 0.4) is 0 Å². The summed E-state index contributed by atoms with van der Waals surface area (Å²) in [5, 5.41) is 4.13. The van der Waals surface area contributed by atoms with Crippen LogP contribution in [-0.4, -0.2) is 53.9 Å². The first-order valence-corrected chi connectivity index (χ1v) is 5.60. The quantitative estimate of drug-likeness (QED) is 0.390. The van der Waals surface area contributed by atoms with Gasteiger partial charge in [0.2, 0.25) is 0 Å². The van der Waals surface area contributed by atoms with E-state index >= 15 is 0 Å². The van der Waals surface area contributed by atoms with Gasteiger partial charge in [0.25, 0.3) is 0 Å². The highest BCUT2D eigenvalue weighted by Crippen LogP contribution is 2.34. The van der Waals surface area contributed by atoms with E-state index in [1.54, 1.807) is 9.91 Å². The molecule has 90 valence electrons. The van der Waals surface area contributed by atoms with Gasteiger partial charge >= 0.3 is 11.8 Å². The topological polar surface area (TPSA) is 78.7 Å². The molecule has 0 radical (unpaired) electrons. The smallest absolute Gasteiger partial charge is 0.312 e. The minimum Gasteiger partial charge on any atom is -0.351 e. The number of likely N-dealkylation sites (tertiary alicyclic amines) is 1. The van der Waals surface area contributed by atoms with Gasteiger partial charge in [-0.05, 0) is 19.3 Å². The van der Waals surface area contributed by atoms with Crippen LogP contribution in [0.25, 0.3) is 0 Å². The first-order valence-electron chi connectivity index (χ1n) is 5.60. The Balaban J connectivity index is 2.10. The highest BCUT2D eigenvalue weighted by Gasteiger charge is 2.47. The minimum absolute atomic E-state index is 0.102. The summed E-state index contributed by atoms with van der Waals surface area (Å²) in [6, 6.07) is 0.386. The van der Waals surface area contributed by atoms with E-state index in [0.29, 0.717) is 19.0 Å². The predicted molar refractivity (Wildman–Crippen MR) is 58.0 cm³/mol. The van der Waals surface area contributed by atoms with Crippen LogP contribution in [0.5, 0.6) is 0 Å². The number of carbonyl (C=O) groups excluding carboxylic acids is 2. The number of carbonyl (C=O) groups is 2. The summed E-state index contributed by atoms with van der Waals surface area (Å²) in [5.74, 6) is 5.26. The second-order valence-corrected chi connectivity index (χ2v) is 4.53. The summed E-state index contributed by atoms with van der Waals surface area (Å²) in [6.07, 6.45) is 0.933. The number of rotatable bonds is 0. The number of fused-ring (bicyclic) bond motifs is 1. The Morgan fingerprint density at radius 3 is 2.75 bits per heavy atom. The summed E-state index contributed by atoms with van der Waals surface area (Å²) in [6.45, 7) is 3.40. The molecular formula is C10H18N4O2. The van der Waals surface area contributed by atoms with Gasteiger partial charge in [-0.1, -0.05) is 0 Å². The van der Waals surface area contributed by atoms with Gasteiger partial charge in [-0.15, -0.1) is 0 Å². The average Bonchev–Trinajstić information content (AvgIpc) is 2.79. The number of nitrogens with zero attached hydrogens (tertiary/aromatic N) is 2. The van der Waals surface area contributed by atoms with Crippen molar-refractivity contribution in [3.05, 3.63) is 0 Å². The van der Waals surface area contributed by atoms with Crippen molar-refractivity contribution < 1.29 is 9.59 Å². The molecule has 0 aromatic rings. The van der Waals surface area contributed by atoms with Crippen molar-refractivity contribution in [2.24, 2.45) is 11.8 Å². The molecule has 0 aromatic heterocycles. The molecule has 0 aliphatic carbocycles. The molecule has 3 atom stereocenters. The van der Waals surface area contributed by atoms with Crippen molar-refractivity contribution in [1.82, 2.24) is 15.2 Å². The van der Waals surface area contributed by atoms with Crippen molar-refractivity contribution in [2.45, 2.75) is 25.4 Å². The average molecular weight is 226 g/mol. The Morgan fingerprint density at radius 2 is 2.12 bits per heavy atom. The summed E-state index contributed by atoms with van der Waals surface area (Å²) in [7, 11) is 1.47. The van der Waals surface area contributed by atoms with Crippen LogP contribution in [-0.2, 0) is 9.59 Å². The largest absolute Gasteiger partial charge is 0.351 e. The number of amides is 2. The molecule has 2 rings (SSSR count). The lowest BCUT2D eigenvalue weighted by molar-refractivity contribution is -0.146. The molecule has 6 nitrogen and oxygen atoms in total. The molecule has 2 amide bonds. The van der Waals surface area contributed by atoms with Crippen molar-refractivity contribution in [3.63, 3.8) is 0 Å². The molecule has 0 spiro atoms. The fourth-order valence-electron chi connectivity index (χ4n) is 2.79. The van der Waals surface area contributed by atoms with E-state index in [2.05, 4.69) is 12.2 Å². The molecular weight excluding hydrogens is 208 g/mol. The van der Waals surface area contributed by atoms with Crippen LogP contribution in [0.2, 0.25) is 0 Å². The van der Waals surface area contributed by atoms with Gasteiger partial charge in [0.1, 0.15) is 0 Å². The summed E-state index contributed by atoms with van der Waals surface area (Å²) >= 11 is 0. The lowest BCUT2D eigenvalue weighted by Gasteiger charge is -2.22. The molecule has 2 fully saturated rings. The Labute approximate surface area is 94.7 Å². The highest BCUT2D eigenvalue weighted by molar-refractivity contribution is 6.35. The third kappa shape index (κ3) is 1.58. The van der Waals surface area contributed by atoms with Gasteiger partial charge in [0, 0.05) is 26.2 Å². The van der Waals surface area contributed by atoms with Crippen molar-refractivity contribution in [2.75, 3.05) is 20.1 Å². The third-order valence-corrected chi connectivity index (χ3v) is 3.82. The Kier molecular flexibility index (Phi) is 2.86. The summed E-state index contributed by atoms with van der Waals surface area (Å²) in [5.41, 5.74) is 0. The lowest BCUT2D eigenvalue weighted by atomic mass is 9.98. The van der Waals surface area contributed by atoms with E-state index in [0.717, 1.165) is 6.42 Å². The maximum absolute atomic E-state index is 11.8. The van der Waals surface area contributed by atoms with Crippen molar-refractivity contribution in [1.29, 1.82) is 0 Å². The van der Waals surface area contributed by atoms with Gasteiger partial charge in [0.05, 0.1) is 6.04 Å². The van der Waals surface area contributed by atoms with E-state index in [9.17, 15) is 9.59 Å². The maximum atomic E-state index is 11.8. The molecule has 2 aliphatic heterocycles. The van der Waals surface area contributed by atoms with Gasteiger partial charge in [0.15, 0.2) is 0 Å². The van der Waals surface area contributed by atoms with Crippen molar-refractivity contribution in [3.8, 4) is 0 Å². The first kappa shape index (κ1) is 11.3. The molecule has 2 saturated heterocycles. The van der Waals surface area contributed by atoms with Crippen LogP contribution in [0.4, 0.5) is 0 Å². The fraction of sp³-hybridized carbons (Fsp3) is 0.800. The molecule has 6 heteroatoms. The standard InChI is InChI=1S/C10H18N4O2/c1-6-7-3-4-13(8(7)5-14(6)11)10(16)9(15)12-2/h6-8H,3-5,11H2,1-2H3,(H,12,15)/t6-,7+,8-/m0/s1. The number of likely N-dealkylation sites (N-methyl/N-ethyl adjacent to an activating group) is 1. The third-order valence-electron chi connectivity index (χ3n) is 3.82. The minimum atomic E-state index is -0.538. The molecule has 0 aromatic carbocycles. The van der Waals surface area contributed by atoms with E-state index < -0.39 is 11.8 Å². The molecule has 0 unspecified atom stereocenters. The van der Waals surface area contributed by atoms with Gasteiger partial charge < -0.3 is 10.2 Å². The number of nitrogens with one attached hydrogen (secondary N) is 1. The van der Waals surface area contributed by atoms with E-state index in [1.165, 1.54) is 7.05 Å². The SMILES string of the molecule is CNC(=O)C(=O)N1CC[C@@H]2[C@H](C)N(N)C[C@@H]21. The number of hydrogen-bond acceptors (Lipinski definition) is 4. The van der Waals surface area contributed by atoms with Crippen LogP contribution in [0.15, 0.2) is 0 Å². The second kappa shape index (κ2) is 4.03. The molecule has 16 heavy (non-hydrogen) atoms. The Bertz CT molecular complexity index is 320. The fourth-order valence-corrected chi connectivity index (χ4v) is 2.79. The molecule has 0 saturated carbocycles. The highest BCUT2D eigenvalue weighted by atomic mass is 16.2. The van der Waals surface area contributed by atoms with E-state index in [-0.39, 0.29) is 12.1 Å². The number of hydrogen-bond donors (Lipinski definition) is 2. The maximum Gasteiger partial charge on any atom is 0.312 e. The van der Waals surface area contributed by atoms with Gasteiger partial charge in [-0.3, -0.25) is 15.4 Å². The van der Waals surface area contributed by atoms with E-state index in [4.69, 9.17) is 5.84 Å². The summed E-state index contributed by atoms with van der Waals surface area (Å²) in [4.78, 5) is 24.7. The zero-order chi connectivity index (χ0) is 11.9. The Hall–Kier alpha value is -1.14. The number of nitrogens with two attached hydrogens (primary N) is 1. The van der Waals surface area contributed by atoms with Crippen LogP contribution in [0, 0.1) is 5.92 Å². The zero-order valence-electron chi connectivity index (χ0n) is 9.64. The van der Waals surface area contributed by atoms with Crippen molar-refractivity contribution >= 4 is 11.8 Å². The molecule has 2 aliphatic rings. The van der Waals surface area contributed by atoms with Gasteiger partial charge in [-0.2, -0.15) is 0 Å². The normalized spacial score (nSPS) is 33.9. The summed E-state index contributed by atoms with van der Waals surface area (Å²) < 4.78 is 0. The van der Waals surface area contributed by atoms with Gasteiger partial charge in [-0.25, -0.2) is 5.01 Å². The molecule has 0 bridgehead atoms. The monoisotopic (exact) mass is 226 g/mol. The van der Waals surface area contributed by atoms with Crippen LogP contribution >= 0.6 is 0 Å². The first-order chi connectivity index (χ1) is 7.56. The molecule has 2 heterocycles.